The van der Waals surface area contributed by atoms with Crippen LogP contribution in [0.2, 0.25) is 0 Å². The van der Waals surface area contributed by atoms with Crippen molar-refractivity contribution in [2.24, 2.45) is 10.9 Å². The molecular weight excluding hydrogens is 273 g/mol. The zero-order valence-corrected chi connectivity index (χ0v) is 10.3. The smallest absolute Gasteiger partial charge is 0.362 e. The van der Waals surface area contributed by atoms with Gasteiger partial charge in [-0.25, -0.2) is 4.79 Å². The molecule has 2 rings (SSSR count). The summed E-state index contributed by atoms with van der Waals surface area (Å²) in [4.78, 5) is 25.2. The van der Waals surface area contributed by atoms with Crippen LogP contribution in [0.3, 0.4) is 0 Å². The highest BCUT2D eigenvalue weighted by atomic mass is 19.4. The summed E-state index contributed by atoms with van der Waals surface area (Å²) in [6.45, 7) is 0. The molecular formula is C13H11F3N2O2. The molecule has 106 valence electrons. The molecule has 20 heavy (non-hydrogen) atoms. The first-order valence-electron chi connectivity index (χ1n) is 5.96. The Morgan fingerprint density at radius 1 is 1.35 bits per heavy atom. The molecule has 0 bridgehead atoms. The molecule has 0 spiro atoms. The summed E-state index contributed by atoms with van der Waals surface area (Å²) in [5.74, 6) is -3.30. The fraction of sp³-hybridized carbons (Fsp3) is 0.385. The molecule has 0 fully saturated rings. The number of hydrogen-bond acceptors (Lipinski definition) is 4. The third-order valence-electron chi connectivity index (χ3n) is 3.23. The summed E-state index contributed by atoms with van der Waals surface area (Å²) >= 11 is 0. The van der Waals surface area contributed by atoms with Crippen molar-refractivity contribution in [3.05, 3.63) is 29.8 Å². The fourth-order valence-electron chi connectivity index (χ4n) is 2.27. The minimum Gasteiger partial charge on any atom is -0.362 e. The number of anilines is 1. The molecule has 4 nitrogen and oxygen atoms in total. The quantitative estimate of drug-likeness (QED) is 0.670. The van der Waals surface area contributed by atoms with Gasteiger partial charge in [-0.05, 0) is 24.5 Å². The largest absolute Gasteiger partial charge is 0.450 e. The molecule has 0 amide bonds. The molecule has 7 heteroatoms. The van der Waals surface area contributed by atoms with Crippen molar-refractivity contribution in [2.75, 3.05) is 5.32 Å². The zero-order chi connectivity index (χ0) is 14.8. The SMILES string of the molecule is O=C=NC1Nc2ccccc2CCC1C(=O)C(F)(F)F. The zero-order valence-electron chi connectivity index (χ0n) is 10.3. The van der Waals surface area contributed by atoms with Gasteiger partial charge < -0.3 is 5.32 Å². The Bertz CT molecular complexity index is 565. The number of fused-ring (bicyclic) bond motifs is 1. The van der Waals surface area contributed by atoms with Crippen molar-refractivity contribution in [1.29, 1.82) is 0 Å². The molecule has 0 saturated heterocycles. The summed E-state index contributed by atoms with van der Waals surface area (Å²) < 4.78 is 37.8. The number of rotatable bonds is 2. The molecule has 2 atom stereocenters. The van der Waals surface area contributed by atoms with E-state index >= 15 is 0 Å². The summed E-state index contributed by atoms with van der Waals surface area (Å²) in [5, 5.41) is 2.71. The topological polar surface area (TPSA) is 58.5 Å². The van der Waals surface area contributed by atoms with E-state index in [2.05, 4.69) is 10.3 Å². The predicted octanol–water partition coefficient (Wildman–Crippen LogP) is 2.45. The number of hydrogen-bond donors (Lipinski definition) is 1. The Labute approximate surface area is 112 Å². The van der Waals surface area contributed by atoms with Crippen LogP contribution in [0.1, 0.15) is 12.0 Å². The molecule has 1 N–H and O–H groups in total. The third-order valence-corrected chi connectivity index (χ3v) is 3.23. The standard InChI is InChI=1S/C13H11F3N2O2/c14-13(15,16)11(20)9-6-5-8-3-1-2-4-10(8)18-12(9)17-7-19/h1-4,9,12,18H,5-6H2. The van der Waals surface area contributed by atoms with E-state index in [1.54, 1.807) is 24.3 Å². The molecule has 0 saturated carbocycles. The van der Waals surface area contributed by atoms with Crippen molar-refractivity contribution in [1.82, 2.24) is 0 Å². The summed E-state index contributed by atoms with van der Waals surface area (Å²) in [5.41, 5.74) is 1.37. The lowest BCUT2D eigenvalue weighted by atomic mass is 9.94. The van der Waals surface area contributed by atoms with Crippen LogP contribution in [0.25, 0.3) is 0 Å². The molecule has 0 aliphatic carbocycles. The lowest BCUT2D eigenvalue weighted by Crippen LogP contribution is -2.39. The van der Waals surface area contributed by atoms with Gasteiger partial charge in [0.1, 0.15) is 6.17 Å². The van der Waals surface area contributed by atoms with Crippen molar-refractivity contribution >= 4 is 17.6 Å². The van der Waals surface area contributed by atoms with E-state index in [0.717, 1.165) is 5.56 Å². The summed E-state index contributed by atoms with van der Waals surface area (Å²) in [7, 11) is 0. The van der Waals surface area contributed by atoms with Gasteiger partial charge in [-0.3, -0.25) is 4.79 Å². The second kappa shape index (κ2) is 5.46. The lowest BCUT2D eigenvalue weighted by molar-refractivity contribution is -0.176. The second-order valence-electron chi connectivity index (χ2n) is 4.47. The number of para-hydroxylation sites is 1. The Morgan fingerprint density at radius 3 is 2.70 bits per heavy atom. The van der Waals surface area contributed by atoms with Gasteiger partial charge in [0.15, 0.2) is 0 Å². The normalized spacial score (nSPS) is 21.9. The molecule has 0 aromatic heterocycles. The van der Waals surface area contributed by atoms with Gasteiger partial charge in [-0.1, -0.05) is 18.2 Å². The van der Waals surface area contributed by atoms with Gasteiger partial charge in [-0.15, -0.1) is 0 Å². The molecule has 1 heterocycles. The van der Waals surface area contributed by atoms with Gasteiger partial charge in [0.05, 0.1) is 5.92 Å². The summed E-state index contributed by atoms with van der Waals surface area (Å²) in [6, 6.07) is 6.89. The Kier molecular flexibility index (Phi) is 3.90. The number of nitrogens with one attached hydrogen (secondary N) is 1. The predicted molar refractivity (Wildman–Crippen MR) is 64.8 cm³/mol. The highest BCUT2D eigenvalue weighted by Gasteiger charge is 2.46. The molecule has 1 aromatic carbocycles. The van der Waals surface area contributed by atoms with E-state index in [4.69, 9.17) is 0 Å². The van der Waals surface area contributed by atoms with Crippen LogP contribution >= 0.6 is 0 Å². The Balaban J connectivity index is 2.35. The minimum absolute atomic E-state index is 0.0296. The monoisotopic (exact) mass is 284 g/mol. The average Bonchev–Trinajstić information content (AvgIpc) is 2.56. The number of alkyl halides is 3. The average molecular weight is 284 g/mol. The van der Waals surface area contributed by atoms with E-state index in [0.29, 0.717) is 12.1 Å². The first-order valence-corrected chi connectivity index (χ1v) is 5.96. The lowest BCUT2D eigenvalue weighted by Gasteiger charge is -2.21. The van der Waals surface area contributed by atoms with Crippen molar-refractivity contribution < 1.29 is 22.8 Å². The molecule has 2 unspecified atom stereocenters. The highest BCUT2D eigenvalue weighted by Crippen LogP contribution is 2.32. The van der Waals surface area contributed by atoms with Crippen LogP contribution in [0.4, 0.5) is 18.9 Å². The van der Waals surface area contributed by atoms with E-state index in [1.165, 1.54) is 6.08 Å². The molecule has 1 aliphatic rings. The molecule has 1 aliphatic heterocycles. The molecule has 0 radical (unpaired) electrons. The first-order chi connectivity index (χ1) is 9.43. The second-order valence-corrected chi connectivity index (χ2v) is 4.47. The van der Waals surface area contributed by atoms with E-state index in [1.807, 2.05) is 0 Å². The minimum atomic E-state index is -4.94. The van der Waals surface area contributed by atoms with Gasteiger partial charge >= 0.3 is 6.18 Å². The van der Waals surface area contributed by atoms with Crippen LogP contribution in [-0.4, -0.2) is 24.2 Å². The maximum atomic E-state index is 12.6. The van der Waals surface area contributed by atoms with Crippen molar-refractivity contribution in [3.8, 4) is 0 Å². The number of isocyanates is 1. The van der Waals surface area contributed by atoms with Crippen LogP contribution in [0.5, 0.6) is 0 Å². The third kappa shape index (κ3) is 2.88. The fourth-order valence-corrected chi connectivity index (χ4v) is 2.27. The number of ketones is 1. The van der Waals surface area contributed by atoms with Gasteiger partial charge in [0.25, 0.3) is 0 Å². The van der Waals surface area contributed by atoms with E-state index in [-0.39, 0.29) is 6.42 Å². The maximum absolute atomic E-state index is 12.6. The number of carbonyl (C=O) groups is 1. The summed E-state index contributed by atoms with van der Waals surface area (Å²) in [6.07, 6.45) is -4.69. The van der Waals surface area contributed by atoms with Gasteiger partial charge in [0.2, 0.25) is 11.9 Å². The number of benzene rings is 1. The van der Waals surface area contributed by atoms with Crippen LogP contribution < -0.4 is 5.32 Å². The first kappa shape index (κ1) is 14.3. The van der Waals surface area contributed by atoms with Crippen LogP contribution in [-0.2, 0) is 16.0 Å². The number of aryl methyl sites for hydroxylation is 1. The number of carbonyl (C=O) groups excluding carboxylic acids is 2. The van der Waals surface area contributed by atoms with Crippen LogP contribution in [0.15, 0.2) is 29.3 Å². The Hall–Kier alpha value is -2.14. The van der Waals surface area contributed by atoms with Crippen molar-refractivity contribution in [3.63, 3.8) is 0 Å². The van der Waals surface area contributed by atoms with Gasteiger partial charge in [0, 0.05) is 5.69 Å². The Morgan fingerprint density at radius 2 is 2.05 bits per heavy atom. The van der Waals surface area contributed by atoms with E-state index in [9.17, 15) is 22.8 Å². The number of nitrogens with zero attached hydrogens (tertiary/aromatic N) is 1. The van der Waals surface area contributed by atoms with Gasteiger partial charge in [-0.2, -0.15) is 18.2 Å². The number of aliphatic imine (C=N–C) groups is 1. The number of Topliss-reactive ketones (excluding diaryl/α,β-unsaturated/α-hetero) is 1. The van der Waals surface area contributed by atoms with Crippen molar-refractivity contribution in [2.45, 2.75) is 25.2 Å². The highest BCUT2D eigenvalue weighted by molar-refractivity contribution is 5.87. The van der Waals surface area contributed by atoms with Crippen LogP contribution in [0, 0.1) is 5.92 Å². The number of halogens is 3. The maximum Gasteiger partial charge on any atom is 0.450 e. The molecule has 1 aromatic rings. The van der Waals surface area contributed by atoms with E-state index < -0.39 is 24.0 Å².